The third-order valence-corrected chi connectivity index (χ3v) is 4.08. The summed E-state index contributed by atoms with van der Waals surface area (Å²) in [6.07, 6.45) is 2.38. The van der Waals surface area contributed by atoms with Gasteiger partial charge in [-0.25, -0.2) is 19.9 Å². The zero-order valence-corrected chi connectivity index (χ0v) is 11.9. The average Bonchev–Trinajstić information content (AvgIpc) is 2.91. The molecule has 20 heavy (non-hydrogen) atoms. The molecule has 0 aliphatic heterocycles. The van der Waals surface area contributed by atoms with Crippen molar-refractivity contribution in [3.63, 3.8) is 0 Å². The first-order valence-corrected chi connectivity index (χ1v) is 6.95. The van der Waals surface area contributed by atoms with E-state index < -0.39 is 0 Å². The maximum absolute atomic E-state index is 6.01. The van der Waals surface area contributed by atoms with E-state index in [-0.39, 0.29) is 0 Å². The van der Waals surface area contributed by atoms with Crippen molar-refractivity contribution in [3.05, 3.63) is 23.3 Å². The predicted octanol–water partition coefficient (Wildman–Crippen LogP) is 2.30. The number of nitrogens with zero attached hydrogens (tertiary/aromatic N) is 4. The highest BCUT2D eigenvalue weighted by atomic mass is 32.1. The molecule has 0 atom stereocenters. The molecule has 0 radical (unpaired) electrons. The average molecular weight is 287 g/mol. The minimum Gasteiger partial charge on any atom is -0.481 e. The second-order valence-electron chi connectivity index (χ2n) is 4.16. The minimum atomic E-state index is 0.470. The summed E-state index contributed by atoms with van der Waals surface area (Å²) in [6.45, 7) is 2.10. The van der Waals surface area contributed by atoms with Crippen molar-refractivity contribution in [2.24, 2.45) is 0 Å². The van der Waals surface area contributed by atoms with Gasteiger partial charge in [-0.15, -0.1) is 11.3 Å². The first kappa shape index (κ1) is 12.7. The van der Waals surface area contributed by atoms with E-state index in [2.05, 4.69) is 26.9 Å². The summed E-state index contributed by atoms with van der Waals surface area (Å²) >= 11 is 1.62. The van der Waals surface area contributed by atoms with Gasteiger partial charge < -0.3 is 10.5 Å². The van der Waals surface area contributed by atoms with Crippen LogP contribution in [0.4, 0.5) is 5.82 Å². The monoisotopic (exact) mass is 287 g/mol. The summed E-state index contributed by atoms with van der Waals surface area (Å²) in [5.41, 5.74) is 6.61. The molecule has 0 saturated carbocycles. The number of fused-ring (bicyclic) bond motifs is 1. The third-order valence-electron chi connectivity index (χ3n) is 2.90. The van der Waals surface area contributed by atoms with Crippen LogP contribution >= 0.6 is 11.3 Å². The molecule has 0 saturated heterocycles. The van der Waals surface area contributed by atoms with Gasteiger partial charge in [0.25, 0.3) is 0 Å². The molecule has 0 bridgehead atoms. The van der Waals surface area contributed by atoms with Crippen LogP contribution in [-0.4, -0.2) is 27.0 Å². The van der Waals surface area contributed by atoms with E-state index >= 15 is 0 Å². The molecule has 3 aromatic rings. The molecule has 0 unspecified atom stereocenters. The van der Waals surface area contributed by atoms with Crippen molar-refractivity contribution in [1.82, 2.24) is 19.9 Å². The summed E-state index contributed by atoms with van der Waals surface area (Å²) in [7, 11) is 1.55. The Morgan fingerprint density at radius 2 is 2.10 bits per heavy atom. The number of methoxy groups -OCH3 is 1. The Hall–Kier alpha value is -2.28. The molecule has 3 rings (SSSR count). The lowest BCUT2D eigenvalue weighted by Gasteiger charge is -2.03. The Morgan fingerprint density at radius 3 is 2.85 bits per heavy atom. The number of anilines is 1. The van der Waals surface area contributed by atoms with E-state index in [0.29, 0.717) is 23.2 Å². The van der Waals surface area contributed by atoms with Gasteiger partial charge in [0.05, 0.1) is 12.5 Å². The zero-order valence-electron chi connectivity index (χ0n) is 11.1. The van der Waals surface area contributed by atoms with Crippen molar-refractivity contribution in [2.45, 2.75) is 13.3 Å². The predicted molar refractivity (Wildman–Crippen MR) is 78.8 cm³/mol. The standard InChI is InChI=1S/C13H13N5OS/c1-3-7-4-8-11(14)17-12(18-13(8)20-7)9-5-10(19-2)16-6-15-9/h4-6H,3H2,1-2H3,(H2,14,17,18). The first-order valence-electron chi connectivity index (χ1n) is 6.13. The molecule has 3 aromatic heterocycles. The van der Waals surface area contributed by atoms with Gasteiger partial charge in [0.1, 0.15) is 22.7 Å². The van der Waals surface area contributed by atoms with Crippen molar-refractivity contribution in [1.29, 1.82) is 0 Å². The van der Waals surface area contributed by atoms with E-state index in [1.807, 2.05) is 6.07 Å². The van der Waals surface area contributed by atoms with Gasteiger partial charge in [0, 0.05) is 10.9 Å². The largest absolute Gasteiger partial charge is 0.481 e. The number of nitrogen functional groups attached to an aromatic ring is 1. The van der Waals surface area contributed by atoms with Crippen molar-refractivity contribution >= 4 is 27.4 Å². The van der Waals surface area contributed by atoms with Gasteiger partial charge in [-0.05, 0) is 12.5 Å². The molecule has 3 heterocycles. The molecular formula is C13H13N5OS. The molecule has 0 aliphatic rings. The summed E-state index contributed by atoms with van der Waals surface area (Å²) < 4.78 is 5.08. The zero-order chi connectivity index (χ0) is 14.1. The molecule has 0 spiro atoms. The lowest BCUT2D eigenvalue weighted by Crippen LogP contribution is -1.98. The number of aryl methyl sites for hydroxylation is 1. The number of aromatic nitrogens is 4. The third kappa shape index (κ3) is 2.16. The van der Waals surface area contributed by atoms with Gasteiger partial charge in [0.15, 0.2) is 5.82 Å². The molecule has 0 aromatic carbocycles. The lowest BCUT2D eigenvalue weighted by molar-refractivity contribution is 0.397. The SMILES string of the molecule is CCc1cc2c(N)nc(-c3cc(OC)ncn3)nc2s1. The minimum absolute atomic E-state index is 0.470. The van der Waals surface area contributed by atoms with Crippen LogP contribution in [0, 0.1) is 0 Å². The summed E-state index contributed by atoms with van der Waals surface area (Å²) in [5, 5.41) is 0.900. The van der Waals surface area contributed by atoms with E-state index in [0.717, 1.165) is 16.6 Å². The maximum Gasteiger partial charge on any atom is 0.216 e. The fraction of sp³-hybridized carbons (Fsp3) is 0.231. The van der Waals surface area contributed by atoms with Crippen LogP contribution in [0.15, 0.2) is 18.5 Å². The van der Waals surface area contributed by atoms with Gasteiger partial charge in [-0.3, -0.25) is 0 Å². The van der Waals surface area contributed by atoms with Gasteiger partial charge in [0.2, 0.25) is 5.88 Å². The Labute approximate surface area is 119 Å². The number of thiophene rings is 1. The van der Waals surface area contributed by atoms with E-state index in [1.165, 1.54) is 11.2 Å². The van der Waals surface area contributed by atoms with Crippen molar-refractivity contribution in [2.75, 3.05) is 12.8 Å². The molecule has 0 fully saturated rings. The Bertz CT molecular complexity index is 771. The van der Waals surface area contributed by atoms with E-state index in [1.54, 1.807) is 24.5 Å². The first-order chi connectivity index (χ1) is 9.71. The highest BCUT2D eigenvalue weighted by molar-refractivity contribution is 7.18. The molecular weight excluding hydrogens is 274 g/mol. The lowest BCUT2D eigenvalue weighted by atomic mass is 10.3. The topological polar surface area (TPSA) is 86.8 Å². The smallest absolute Gasteiger partial charge is 0.216 e. The van der Waals surface area contributed by atoms with Gasteiger partial charge in [-0.1, -0.05) is 6.92 Å². The number of hydrogen-bond acceptors (Lipinski definition) is 7. The normalized spacial score (nSPS) is 10.9. The Morgan fingerprint density at radius 1 is 1.25 bits per heavy atom. The molecule has 0 aliphatic carbocycles. The second-order valence-corrected chi connectivity index (χ2v) is 5.28. The van der Waals surface area contributed by atoms with Gasteiger partial charge in [-0.2, -0.15) is 0 Å². The van der Waals surface area contributed by atoms with E-state index in [9.17, 15) is 0 Å². The molecule has 102 valence electrons. The van der Waals surface area contributed by atoms with Crippen LogP contribution in [0.1, 0.15) is 11.8 Å². The molecule has 6 nitrogen and oxygen atoms in total. The fourth-order valence-electron chi connectivity index (χ4n) is 1.86. The van der Waals surface area contributed by atoms with Crippen LogP contribution in [0.5, 0.6) is 5.88 Å². The Kier molecular flexibility index (Phi) is 3.19. The fourth-order valence-corrected chi connectivity index (χ4v) is 2.83. The summed E-state index contributed by atoms with van der Waals surface area (Å²) in [4.78, 5) is 19.1. The van der Waals surface area contributed by atoms with E-state index in [4.69, 9.17) is 10.5 Å². The van der Waals surface area contributed by atoms with Crippen molar-refractivity contribution in [3.8, 4) is 17.4 Å². The number of hydrogen-bond donors (Lipinski definition) is 1. The molecule has 7 heteroatoms. The molecule has 2 N–H and O–H groups in total. The summed E-state index contributed by atoms with van der Waals surface area (Å²) in [5.74, 6) is 1.43. The number of ether oxygens (including phenoxy) is 1. The maximum atomic E-state index is 6.01. The number of rotatable bonds is 3. The van der Waals surface area contributed by atoms with Crippen LogP contribution in [0.2, 0.25) is 0 Å². The van der Waals surface area contributed by atoms with Crippen LogP contribution in [0.3, 0.4) is 0 Å². The van der Waals surface area contributed by atoms with Crippen molar-refractivity contribution < 1.29 is 4.74 Å². The highest BCUT2D eigenvalue weighted by Gasteiger charge is 2.12. The second kappa shape index (κ2) is 5.01. The van der Waals surface area contributed by atoms with Crippen LogP contribution < -0.4 is 10.5 Å². The highest BCUT2D eigenvalue weighted by Crippen LogP contribution is 2.30. The van der Waals surface area contributed by atoms with Crippen LogP contribution in [-0.2, 0) is 6.42 Å². The molecule has 0 amide bonds. The quantitative estimate of drug-likeness (QED) is 0.795. The number of nitrogens with two attached hydrogens (primary N) is 1. The Balaban J connectivity index is 2.15. The van der Waals surface area contributed by atoms with Gasteiger partial charge >= 0.3 is 0 Å². The van der Waals surface area contributed by atoms with Crippen LogP contribution in [0.25, 0.3) is 21.7 Å². The summed E-state index contributed by atoms with van der Waals surface area (Å²) in [6, 6.07) is 3.73.